The Morgan fingerprint density at radius 1 is 1.35 bits per heavy atom. The molecule has 1 aromatic carbocycles. The molecule has 3 rings (SSSR count). The fraction of sp³-hybridized carbons (Fsp3) is 0.385. The van der Waals surface area contributed by atoms with Gasteiger partial charge in [0.1, 0.15) is 6.33 Å². The predicted molar refractivity (Wildman–Crippen MR) is 69.3 cm³/mol. The molecule has 1 aliphatic rings. The Hall–Kier alpha value is -1.19. The number of rotatable bonds is 2. The highest BCUT2D eigenvalue weighted by Crippen LogP contribution is 2.24. The monoisotopic (exact) mass is 247 g/mol. The van der Waals surface area contributed by atoms with Gasteiger partial charge in [-0.15, -0.1) is 0 Å². The Morgan fingerprint density at radius 3 is 3.12 bits per heavy atom. The van der Waals surface area contributed by atoms with Crippen LogP contribution in [0.3, 0.4) is 0 Å². The third-order valence-corrected chi connectivity index (χ3v) is 3.61. The Morgan fingerprint density at radius 2 is 2.29 bits per heavy atom. The lowest BCUT2D eigenvalue weighted by atomic mass is 10.1. The van der Waals surface area contributed by atoms with Crippen molar-refractivity contribution in [2.75, 3.05) is 6.54 Å². The molecule has 17 heavy (non-hydrogen) atoms. The average Bonchev–Trinajstić information content (AvgIpc) is 2.83. The third kappa shape index (κ3) is 2.13. The molecule has 2 heterocycles. The largest absolute Gasteiger partial charge is 0.314 e. The van der Waals surface area contributed by atoms with E-state index in [9.17, 15) is 0 Å². The van der Waals surface area contributed by atoms with E-state index >= 15 is 0 Å². The van der Waals surface area contributed by atoms with E-state index in [1.807, 2.05) is 18.2 Å². The number of nitrogens with one attached hydrogen (secondary N) is 1. The third-order valence-electron chi connectivity index (χ3n) is 3.30. The molecule has 0 radical (unpaired) electrons. The van der Waals surface area contributed by atoms with Gasteiger partial charge in [-0.2, -0.15) is 0 Å². The predicted octanol–water partition coefficient (Wildman–Crippen LogP) is 2.58. The summed E-state index contributed by atoms with van der Waals surface area (Å²) in [7, 11) is 0. The summed E-state index contributed by atoms with van der Waals surface area (Å²) >= 11 is 6.14. The SMILES string of the molecule is Clc1cccc2c(CC3CCCN3)ncnc12. The second kappa shape index (κ2) is 4.59. The maximum Gasteiger partial charge on any atom is 0.116 e. The van der Waals surface area contributed by atoms with Crippen molar-refractivity contribution in [2.45, 2.75) is 25.3 Å². The normalized spacial score (nSPS) is 19.9. The molecule has 1 atom stereocenters. The van der Waals surface area contributed by atoms with Crippen LogP contribution in [-0.4, -0.2) is 22.6 Å². The van der Waals surface area contributed by atoms with Crippen molar-refractivity contribution >= 4 is 22.5 Å². The lowest BCUT2D eigenvalue weighted by Crippen LogP contribution is -2.24. The van der Waals surface area contributed by atoms with Gasteiger partial charge in [-0.1, -0.05) is 23.7 Å². The molecule has 4 heteroatoms. The number of nitrogens with zero attached hydrogens (tertiary/aromatic N) is 2. The van der Waals surface area contributed by atoms with Gasteiger partial charge >= 0.3 is 0 Å². The topological polar surface area (TPSA) is 37.8 Å². The number of hydrogen-bond donors (Lipinski definition) is 1. The van der Waals surface area contributed by atoms with E-state index < -0.39 is 0 Å². The molecule has 1 N–H and O–H groups in total. The Balaban J connectivity index is 2.01. The molecule has 0 spiro atoms. The maximum absolute atomic E-state index is 6.14. The number of halogens is 1. The molecule has 0 aliphatic carbocycles. The van der Waals surface area contributed by atoms with E-state index in [0.717, 1.165) is 29.6 Å². The van der Waals surface area contributed by atoms with Crippen LogP contribution in [0.1, 0.15) is 18.5 Å². The fourth-order valence-electron chi connectivity index (χ4n) is 2.43. The van der Waals surface area contributed by atoms with Crippen LogP contribution in [0, 0.1) is 0 Å². The molecule has 88 valence electrons. The number of benzene rings is 1. The van der Waals surface area contributed by atoms with E-state index in [2.05, 4.69) is 15.3 Å². The van der Waals surface area contributed by atoms with E-state index in [1.54, 1.807) is 6.33 Å². The zero-order valence-electron chi connectivity index (χ0n) is 9.49. The second-order valence-electron chi connectivity index (χ2n) is 4.45. The van der Waals surface area contributed by atoms with Crippen molar-refractivity contribution in [2.24, 2.45) is 0 Å². The van der Waals surface area contributed by atoms with Gasteiger partial charge in [-0.3, -0.25) is 0 Å². The standard InChI is InChI=1S/C13H14ClN3/c14-11-5-1-4-10-12(16-8-17-13(10)11)7-9-3-2-6-15-9/h1,4-5,8-9,15H,2-3,6-7H2. The Kier molecular flexibility index (Phi) is 2.95. The van der Waals surface area contributed by atoms with Crippen molar-refractivity contribution in [1.82, 2.24) is 15.3 Å². The summed E-state index contributed by atoms with van der Waals surface area (Å²) in [5.41, 5.74) is 1.95. The highest BCUT2D eigenvalue weighted by molar-refractivity contribution is 6.35. The highest BCUT2D eigenvalue weighted by atomic mass is 35.5. The number of aromatic nitrogens is 2. The molecule has 0 amide bonds. The smallest absolute Gasteiger partial charge is 0.116 e. The van der Waals surface area contributed by atoms with Crippen LogP contribution < -0.4 is 5.32 Å². The number of hydrogen-bond acceptors (Lipinski definition) is 3. The molecular formula is C13H14ClN3. The first kappa shape index (κ1) is 10.9. The van der Waals surface area contributed by atoms with Crippen molar-refractivity contribution < 1.29 is 0 Å². The average molecular weight is 248 g/mol. The zero-order valence-corrected chi connectivity index (χ0v) is 10.2. The van der Waals surface area contributed by atoms with Gasteiger partial charge < -0.3 is 5.32 Å². The minimum absolute atomic E-state index is 0.548. The summed E-state index contributed by atoms with van der Waals surface area (Å²) in [5, 5.41) is 5.27. The van der Waals surface area contributed by atoms with Crippen LogP contribution in [0.4, 0.5) is 0 Å². The van der Waals surface area contributed by atoms with Gasteiger partial charge in [-0.05, 0) is 25.5 Å². The summed E-state index contributed by atoms with van der Waals surface area (Å²) in [5.74, 6) is 0. The van der Waals surface area contributed by atoms with Gasteiger partial charge in [-0.25, -0.2) is 9.97 Å². The van der Waals surface area contributed by atoms with Crippen LogP contribution in [0.25, 0.3) is 10.9 Å². The second-order valence-corrected chi connectivity index (χ2v) is 4.86. The molecule has 1 fully saturated rings. The van der Waals surface area contributed by atoms with Gasteiger partial charge in [0.2, 0.25) is 0 Å². The van der Waals surface area contributed by atoms with Crippen LogP contribution >= 0.6 is 11.6 Å². The van der Waals surface area contributed by atoms with Gasteiger partial charge in [0.15, 0.2) is 0 Å². The van der Waals surface area contributed by atoms with Crippen molar-refractivity contribution in [3.63, 3.8) is 0 Å². The summed E-state index contributed by atoms with van der Waals surface area (Å²) < 4.78 is 0. The highest BCUT2D eigenvalue weighted by Gasteiger charge is 2.16. The molecule has 3 nitrogen and oxygen atoms in total. The van der Waals surface area contributed by atoms with Crippen molar-refractivity contribution in [1.29, 1.82) is 0 Å². The van der Waals surface area contributed by atoms with Crippen LogP contribution in [0.5, 0.6) is 0 Å². The van der Waals surface area contributed by atoms with E-state index in [4.69, 9.17) is 11.6 Å². The van der Waals surface area contributed by atoms with Gasteiger partial charge in [0.25, 0.3) is 0 Å². The number of para-hydroxylation sites is 1. The lowest BCUT2D eigenvalue weighted by molar-refractivity contribution is 0.597. The molecule has 1 aromatic heterocycles. The molecule has 0 saturated carbocycles. The molecular weight excluding hydrogens is 234 g/mol. The Labute approximate surface area is 105 Å². The van der Waals surface area contributed by atoms with E-state index in [1.165, 1.54) is 12.8 Å². The molecule has 1 unspecified atom stereocenters. The van der Waals surface area contributed by atoms with Crippen molar-refractivity contribution in [3.8, 4) is 0 Å². The lowest BCUT2D eigenvalue weighted by Gasteiger charge is -2.11. The van der Waals surface area contributed by atoms with Crippen LogP contribution in [-0.2, 0) is 6.42 Å². The van der Waals surface area contributed by atoms with Gasteiger partial charge in [0.05, 0.1) is 16.2 Å². The molecule has 0 bridgehead atoms. The van der Waals surface area contributed by atoms with Gasteiger partial charge in [0, 0.05) is 17.8 Å². The summed E-state index contributed by atoms with van der Waals surface area (Å²) in [4.78, 5) is 8.65. The minimum Gasteiger partial charge on any atom is -0.314 e. The minimum atomic E-state index is 0.548. The summed E-state index contributed by atoms with van der Waals surface area (Å²) in [6.07, 6.45) is 5.05. The van der Waals surface area contributed by atoms with Crippen LogP contribution in [0.2, 0.25) is 5.02 Å². The summed E-state index contributed by atoms with van der Waals surface area (Å²) in [6.45, 7) is 1.12. The molecule has 1 saturated heterocycles. The maximum atomic E-state index is 6.14. The first-order valence-corrected chi connectivity index (χ1v) is 6.34. The summed E-state index contributed by atoms with van der Waals surface area (Å²) in [6, 6.07) is 6.42. The van der Waals surface area contributed by atoms with Crippen molar-refractivity contribution in [3.05, 3.63) is 35.2 Å². The van der Waals surface area contributed by atoms with Crippen LogP contribution in [0.15, 0.2) is 24.5 Å². The van der Waals surface area contributed by atoms with E-state index in [0.29, 0.717) is 11.1 Å². The number of fused-ring (bicyclic) bond motifs is 1. The van der Waals surface area contributed by atoms with E-state index in [-0.39, 0.29) is 0 Å². The Bertz CT molecular complexity index is 535. The molecule has 2 aromatic rings. The zero-order chi connectivity index (χ0) is 11.7. The first-order valence-electron chi connectivity index (χ1n) is 5.96. The molecule has 1 aliphatic heterocycles. The quantitative estimate of drug-likeness (QED) is 0.887. The fourth-order valence-corrected chi connectivity index (χ4v) is 2.66. The first-order chi connectivity index (χ1) is 8.34.